The Morgan fingerprint density at radius 2 is 2.11 bits per heavy atom. The molecular weight excluding hydrogens is 258 g/mol. The Hall–Kier alpha value is -0.670. The Morgan fingerprint density at radius 3 is 2.72 bits per heavy atom. The molecule has 1 aliphatic rings. The Kier molecular flexibility index (Phi) is 4.23. The third kappa shape index (κ3) is 3.66. The largest absolute Gasteiger partial charge is 0.393 e. The van der Waals surface area contributed by atoms with E-state index in [2.05, 4.69) is 0 Å². The monoisotopic (exact) mass is 274 g/mol. The highest BCUT2D eigenvalue weighted by Crippen LogP contribution is 2.41. The van der Waals surface area contributed by atoms with Gasteiger partial charge in [-0.15, -0.1) is 0 Å². The van der Waals surface area contributed by atoms with E-state index in [-0.39, 0.29) is 18.8 Å². The lowest BCUT2D eigenvalue weighted by Gasteiger charge is -2.16. The van der Waals surface area contributed by atoms with Crippen LogP contribution in [0, 0.1) is 5.92 Å². The van der Waals surface area contributed by atoms with Gasteiger partial charge in [-0.2, -0.15) is 0 Å². The van der Waals surface area contributed by atoms with E-state index in [0.717, 1.165) is 5.56 Å². The predicted molar refractivity (Wildman–Crippen MR) is 68.1 cm³/mol. The molecule has 1 nitrogen and oxygen atoms in total. The second-order valence-electron chi connectivity index (χ2n) is 5.15. The van der Waals surface area contributed by atoms with Gasteiger partial charge in [0.15, 0.2) is 0 Å². The molecule has 2 rings (SSSR count). The fourth-order valence-electron chi connectivity index (χ4n) is 2.63. The topological polar surface area (TPSA) is 20.2 Å². The van der Waals surface area contributed by atoms with E-state index < -0.39 is 12.0 Å². The molecule has 1 aromatic rings. The van der Waals surface area contributed by atoms with Crippen molar-refractivity contribution in [2.24, 2.45) is 5.92 Å². The lowest BCUT2D eigenvalue weighted by molar-refractivity contribution is 0.00264. The molecule has 1 saturated carbocycles. The van der Waals surface area contributed by atoms with Crippen LogP contribution >= 0.6 is 11.6 Å². The van der Waals surface area contributed by atoms with Gasteiger partial charge in [0.25, 0.3) is 0 Å². The quantitative estimate of drug-likeness (QED) is 0.877. The van der Waals surface area contributed by atoms with Crippen LogP contribution in [0.1, 0.15) is 31.2 Å². The number of alkyl halides is 2. The van der Waals surface area contributed by atoms with Crippen molar-refractivity contribution in [3.8, 4) is 0 Å². The van der Waals surface area contributed by atoms with Gasteiger partial charge in [0.2, 0.25) is 5.92 Å². The summed E-state index contributed by atoms with van der Waals surface area (Å²) in [5.74, 6) is -2.60. The lowest BCUT2D eigenvalue weighted by atomic mass is 9.96. The van der Waals surface area contributed by atoms with Gasteiger partial charge in [-0.05, 0) is 36.8 Å². The fourth-order valence-corrected chi connectivity index (χ4v) is 2.84. The number of hydrogen-bond donors (Lipinski definition) is 1. The summed E-state index contributed by atoms with van der Waals surface area (Å²) in [5.41, 5.74) is 0.872. The summed E-state index contributed by atoms with van der Waals surface area (Å²) in [7, 11) is 0. The van der Waals surface area contributed by atoms with Crippen molar-refractivity contribution in [1.82, 2.24) is 0 Å². The summed E-state index contributed by atoms with van der Waals surface area (Å²) in [6.07, 6.45) is 0.641. The van der Waals surface area contributed by atoms with Crippen molar-refractivity contribution in [3.63, 3.8) is 0 Å². The van der Waals surface area contributed by atoms with Crippen molar-refractivity contribution in [2.75, 3.05) is 0 Å². The van der Waals surface area contributed by atoms with Gasteiger partial charge in [0, 0.05) is 17.9 Å². The van der Waals surface area contributed by atoms with Crippen LogP contribution in [0.5, 0.6) is 0 Å². The van der Waals surface area contributed by atoms with Crippen molar-refractivity contribution >= 4 is 11.6 Å². The normalized spacial score (nSPS) is 24.1. The summed E-state index contributed by atoms with van der Waals surface area (Å²) >= 11 is 6.00. The molecule has 2 atom stereocenters. The van der Waals surface area contributed by atoms with E-state index in [1.807, 2.05) is 18.2 Å². The molecule has 0 aliphatic heterocycles. The zero-order valence-electron chi connectivity index (χ0n) is 10.1. The average molecular weight is 275 g/mol. The second kappa shape index (κ2) is 5.54. The van der Waals surface area contributed by atoms with Crippen LogP contribution in [0.2, 0.25) is 5.02 Å². The van der Waals surface area contributed by atoms with Crippen LogP contribution in [0.25, 0.3) is 0 Å². The van der Waals surface area contributed by atoms with Crippen LogP contribution in [0.4, 0.5) is 8.78 Å². The lowest BCUT2D eigenvalue weighted by Crippen LogP contribution is -2.17. The highest BCUT2D eigenvalue weighted by atomic mass is 35.5. The maximum absolute atomic E-state index is 13.0. The molecule has 0 radical (unpaired) electrons. The third-order valence-corrected chi connectivity index (χ3v) is 3.89. The Bertz CT molecular complexity index is 409. The van der Waals surface area contributed by atoms with Gasteiger partial charge in [0.05, 0.1) is 6.10 Å². The van der Waals surface area contributed by atoms with Gasteiger partial charge in [-0.3, -0.25) is 0 Å². The molecule has 0 heterocycles. The van der Waals surface area contributed by atoms with Gasteiger partial charge in [-0.25, -0.2) is 8.78 Å². The molecule has 1 aliphatic carbocycles. The first-order valence-corrected chi connectivity index (χ1v) is 6.63. The van der Waals surface area contributed by atoms with E-state index >= 15 is 0 Å². The number of hydrogen-bond acceptors (Lipinski definition) is 1. The molecule has 0 bridgehead atoms. The Balaban J connectivity index is 1.86. The summed E-state index contributed by atoms with van der Waals surface area (Å²) in [5, 5.41) is 10.6. The minimum Gasteiger partial charge on any atom is -0.393 e. The van der Waals surface area contributed by atoms with Crippen LogP contribution in [0.15, 0.2) is 24.3 Å². The summed E-state index contributed by atoms with van der Waals surface area (Å²) in [6.45, 7) is 0. The molecule has 18 heavy (non-hydrogen) atoms. The van der Waals surface area contributed by atoms with Crippen molar-refractivity contribution in [3.05, 3.63) is 34.9 Å². The summed E-state index contributed by atoms with van der Waals surface area (Å²) in [4.78, 5) is 0. The van der Waals surface area contributed by atoms with Crippen molar-refractivity contribution in [1.29, 1.82) is 0 Å². The molecule has 1 N–H and O–H groups in total. The van der Waals surface area contributed by atoms with Crippen molar-refractivity contribution < 1.29 is 13.9 Å². The zero-order chi connectivity index (χ0) is 13.2. The molecule has 0 spiro atoms. The standard InChI is InChI=1S/C14H17ClF2O/c15-13-4-2-1-3-11(13)8-12(18)7-10-5-6-14(16,17)9-10/h1-4,10,12,18H,5-9H2. The van der Waals surface area contributed by atoms with Gasteiger partial charge in [0.1, 0.15) is 0 Å². The number of halogens is 3. The van der Waals surface area contributed by atoms with Gasteiger partial charge >= 0.3 is 0 Å². The predicted octanol–water partition coefficient (Wildman–Crippen LogP) is 4.07. The summed E-state index contributed by atoms with van der Waals surface area (Å²) in [6, 6.07) is 7.32. The minimum atomic E-state index is -2.53. The first kappa shape index (κ1) is 13.8. The highest BCUT2D eigenvalue weighted by molar-refractivity contribution is 6.31. The van der Waals surface area contributed by atoms with E-state index in [9.17, 15) is 13.9 Å². The van der Waals surface area contributed by atoms with E-state index in [1.54, 1.807) is 6.07 Å². The zero-order valence-corrected chi connectivity index (χ0v) is 10.8. The van der Waals surface area contributed by atoms with Crippen molar-refractivity contribution in [2.45, 2.75) is 44.1 Å². The maximum atomic E-state index is 13.0. The fraction of sp³-hybridized carbons (Fsp3) is 0.571. The number of rotatable bonds is 4. The van der Waals surface area contributed by atoms with Gasteiger partial charge in [-0.1, -0.05) is 29.8 Å². The summed E-state index contributed by atoms with van der Waals surface area (Å²) < 4.78 is 26.1. The van der Waals surface area contributed by atoms with E-state index in [4.69, 9.17) is 11.6 Å². The molecule has 0 amide bonds. The molecule has 1 aromatic carbocycles. The maximum Gasteiger partial charge on any atom is 0.248 e. The molecule has 1 fully saturated rings. The second-order valence-corrected chi connectivity index (χ2v) is 5.56. The third-order valence-electron chi connectivity index (χ3n) is 3.52. The molecular formula is C14H17ClF2O. The highest BCUT2D eigenvalue weighted by Gasteiger charge is 2.39. The number of aliphatic hydroxyl groups excluding tert-OH is 1. The molecule has 100 valence electrons. The van der Waals surface area contributed by atoms with Crippen LogP contribution in [0.3, 0.4) is 0 Å². The van der Waals surface area contributed by atoms with Crippen LogP contribution in [-0.2, 0) is 6.42 Å². The van der Waals surface area contributed by atoms with E-state index in [1.165, 1.54) is 0 Å². The van der Waals surface area contributed by atoms with Gasteiger partial charge < -0.3 is 5.11 Å². The number of aliphatic hydroxyl groups is 1. The Labute approximate surface area is 111 Å². The smallest absolute Gasteiger partial charge is 0.248 e. The van der Waals surface area contributed by atoms with Crippen LogP contribution in [-0.4, -0.2) is 17.1 Å². The minimum absolute atomic E-state index is 0.0452. The number of benzene rings is 1. The first-order valence-electron chi connectivity index (χ1n) is 6.25. The molecule has 2 unspecified atom stereocenters. The SMILES string of the molecule is OC(Cc1ccccc1Cl)CC1CCC(F)(F)C1. The molecule has 0 aromatic heterocycles. The average Bonchev–Trinajstić information content (AvgIpc) is 2.61. The molecule has 4 heteroatoms. The first-order chi connectivity index (χ1) is 8.46. The Morgan fingerprint density at radius 1 is 1.39 bits per heavy atom. The van der Waals surface area contributed by atoms with E-state index in [0.29, 0.717) is 24.3 Å². The van der Waals surface area contributed by atoms with Crippen LogP contribution < -0.4 is 0 Å². The molecule has 0 saturated heterocycles.